The fourth-order valence-corrected chi connectivity index (χ4v) is 4.05. The maximum atomic E-state index is 15.0. The van der Waals surface area contributed by atoms with Crippen molar-refractivity contribution in [2.75, 3.05) is 4.72 Å². The Labute approximate surface area is 168 Å². The Morgan fingerprint density at radius 2 is 1.83 bits per heavy atom. The third kappa shape index (κ3) is 3.41. The Balaban J connectivity index is 1.76. The summed E-state index contributed by atoms with van der Waals surface area (Å²) < 4.78 is 69.5. The smallest absolute Gasteiger partial charge is 0.262 e. The molecule has 0 bridgehead atoms. The van der Waals surface area contributed by atoms with Gasteiger partial charge in [-0.2, -0.15) is 0 Å². The predicted octanol–water partition coefficient (Wildman–Crippen LogP) is 4.01. The quantitative estimate of drug-likeness (QED) is 0.467. The Hall–Kier alpha value is -3.66. The van der Waals surface area contributed by atoms with Crippen LogP contribution in [0.1, 0.15) is 15.9 Å². The summed E-state index contributed by atoms with van der Waals surface area (Å²) in [6.45, 7) is 0. The number of anilines is 1. The Morgan fingerprint density at radius 3 is 2.60 bits per heavy atom. The Bertz CT molecular complexity index is 1400. The zero-order valence-electron chi connectivity index (χ0n) is 15.0. The predicted molar refractivity (Wildman–Crippen MR) is 103 cm³/mol. The van der Waals surface area contributed by atoms with Gasteiger partial charge >= 0.3 is 0 Å². The van der Waals surface area contributed by atoms with E-state index < -0.39 is 49.4 Å². The lowest BCUT2D eigenvalue weighted by Gasteiger charge is -2.12. The zero-order chi connectivity index (χ0) is 21.5. The van der Waals surface area contributed by atoms with Crippen LogP contribution in [0, 0.1) is 17.5 Å². The van der Waals surface area contributed by atoms with Gasteiger partial charge in [0.1, 0.15) is 17.3 Å². The molecule has 0 spiro atoms. The van der Waals surface area contributed by atoms with Crippen molar-refractivity contribution >= 4 is 32.5 Å². The van der Waals surface area contributed by atoms with E-state index in [1.54, 1.807) is 12.1 Å². The van der Waals surface area contributed by atoms with Gasteiger partial charge in [0.15, 0.2) is 5.82 Å². The number of sulfonamides is 1. The molecule has 0 fully saturated rings. The molecule has 10 heteroatoms. The summed E-state index contributed by atoms with van der Waals surface area (Å²) in [6, 6.07) is 8.80. The molecule has 4 aromatic rings. The van der Waals surface area contributed by atoms with Crippen LogP contribution >= 0.6 is 0 Å². The fraction of sp³-hybridized carbons (Fsp3) is 0. The van der Waals surface area contributed by atoms with Gasteiger partial charge < -0.3 is 4.98 Å². The molecule has 30 heavy (non-hydrogen) atoms. The van der Waals surface area contributed by atoms with Crippen molar-refractivity contribution < 1.29 is 26.4 Å². The topological polar surface area (TPSA) is 91.9 Å². The summed E-state index contributed by atoms with van der Waals surface area (Å²) >= 11 is 0. The first kappa shape index (κ1) is 19.6. The Kier molecular flexibility index (Phi) is 4.78. The molecular weight excluding hydrogens is 419 g/mol. The number of benzene rings is 2. The molecule has 152 valence electrons. The van der Waals surface area contributed by atoms with E-state index in [2.05, 4.69) is 9.97 Å². The number of carbonyl (C=O) groups is 1. The third-order valence-electron chi connectivity index (χ3n) is 4.36. The number of hydrogen-bond donors (Lipinski definition) is 2. The average Bonchev–Trinajstić information content (AvgIpc) is 3.14. The van der Waals surface area contributed by atoms with Crippen LogP contribution in [0.3, 0.4) is 0 Å². The Morgan fingerprint density at radius 1 is 1.03 bits per heavy atom. The van der Waals surface area contributed by atoms with Crippen molar-refractivity contribution in [3.8, 4) is 0 Å². The standard InChI is InChI=1S/C20H12F3N3O3S/c21-11-3-1-4-12(9-11)30(28,29)26-16-7-6-15(22)17(18(16)23)19(27)14-10-25-20-13(14)5-2-8-24-20/h1-10,26H,(H,24,25). The molecule has 0 aliphatic heterocycles. The normalized spacial score (nSPS) is 11.6. The molecule has 2 aromatic heterocycles. The van der Waals surface area contributed by atoms with Gasteiger partial charge in [-0.1, -0.05) is 6.07 Å². The molecular formula is C20H12F3N3O3S. The summed E-state index contributed by atoms with van der Waals surface area (Å²) in [5, 5.41) is 0.354. The van der Waals surface area contributed by atoms with E-state index in [1.807, 2.05) is 4.72 Å². The van der Waals surface area contributed by atoms with Gasteiger partial charge in [-0.15, -0.1) is 0 Å². The molecule has 0 unspecified atom stereocenters. The van der Waals surface area contributed by atoms with Crippen LogP contribution in [0.5, 0.6) is 0 Å². The number of rotatable bonds is 5. The van der Waals surface area contributed by atoms with Crippen molar-refractivity contribution in [2.45, 2.75) is 4.90 Å². The van der Waals surface area contributed by atoms with E-state index in [0.717, 1.165) is 30.3 Å². The first-order chi connectivity index (χ1) is 14.3. The number of nitrogens with one attached hydrogen (secondary N) is 2. The highest BCUT2D eigenvalue weighted by atomic mass is 32.2. The minimum Gasteiger partial charge on any atom is -0.345 e. The van der Waals surface area contributed by atoms with Crippen LogP contribution < -0.4 is 4.72 Å². The summed E-state index contributed by atoms with van der Waals surface area (Å²) in [4.78, 5) is 19.1. The minimum atomic E-state index is -4.38. The highest BCUT2D eigenvalue weighted by Crippen LogP contribution is 2.28. The number of carbonyl (C=O) groups excluding carboxylic acids is 1. The maximum Gasteiger partial charge on any atom is 0.262 e. The summed E-state index contributed by atoms with van der Waals surface area (Å²) in [5.74, 6) is -4.35. The van der Waals surface area contributed by atoms with Gasteiger partial charge in [-0.25, -0.2) is 26.6 Å². The number of fused-ring (bicyclic) bond motifs is 1. The lowest BCUT2D eigenvalue weighted by Crippen LogP contribution is -2.16. The molecule has 0 saturated heterocycles. The highest BCUT2D eigenvalue weighted by Gasteiger charge is 2.26. The molecule has 2 aromatic carbocycles. The lowest BCUT2D eigenvalue weighted by atomic mass is 10.0. The van der Waals surface area contributed by atoms with Crippen molar-refractivity contribution in [3.63, 3.8) is 0 Å². The van der Waals surface area contributed by atoms with E-state index in [9.17, 15) is 22.0 Å². The number of aromatic nitrogens is 2. The zero-order valence-corrected chi connectivity index (χ0v) is 15.8. The van der Waals surface area contributed by atoms with Crippen LogP contribution in [-0.4, -0.2) is 24.2 Å². The van der Waals surface area contributed by atoms with Crippen molar-refractivity contribution in [2.24, 2.45) is 0 Å². The molecule has 6 nitrogen and oxygen atoms in total. The number of H-pyrrole nitrogens is 1. The molecule has 2 heterocycles. The van der Waals surface area contributed by atoms with E-state index in [0.29, 0.717) is 11.0 Å². The molecule has 2 N–H and O–H groups in total. The number of halogens is 3. The van der Waals surface area contributed by atoms with E-state index >= 15 is 4.39 Å². The maximum absolute atomic E-state index is 15.0. The number of aromatic amines is 1. The van der Waals surface area contributed by atoms with E-state index in [1.165, 1.54) is 18.5 Å². The average molecular weight is 431 g/mol. The largest absolute Gasteiger partial charge is 0.345 e. The van der Waals surface area contributed by atoms with Crippen LogP contribution in [0.2, 0.25) is 0 Å². The van der Waals surface area contributed by atoms with E-state index in [4.69, 9.17) is 0 Å². The number of pyridine rings is 1. The van der Waals surface area contributed by atoms with E-state index in [-0.39, 0.29) is 5.56 Å². The molecule has 0 radical (unpaired) electrons. The molecule has 0 aliphatic carbocycles. The van der Waals surface area contributed by atoms with Gasteiger partial charge in [-0.05, 0) is 42.5 Å². The van der Waals surface area contributed by atoms with Crippen molar-refractivity contribution in [1.82, 2.24) is 9.97 Å². The van der Waals surface area contributed by atoms with Crippen LogP contribution in [0.4, 0.5) is 18.9 Å². The molecule has 0 aliphatic rings. The molecule has 0 saturated carbocycles. The highest BCUT2D eigenvalue weighted by molar-refractivity contribution is 7.92. The second-order valence-electron chi connectivity index (χ2n) is 6.28. The first-order valence-corrected chi connectivity index (χ1v) is 9.99. The number of hydrogen-bond acceptors (Lipinski definition) is 4. The van der Waals surface area contributed by atoms with Gasteiger partial charge in [0.2, 0.25) is 5.78 Å². The number of nitrogens with zero attached hydrogens (tertiary/aromatic N) is 1. The van der Waals surface area contributed by atoms with Gasteiger partial charge in [0, 0.05) is 23.3 Å². The first-order valence-electron chi connectivity index (χ1n) is 8.51. The molecule has 4 rings (SSSR count). The van der Waals surface area contributed by atoms with Crippen LogP contribution in [0.15, 0.2) is 65.8 Å². The van der Waals surface area contributed by atoms with Gasteiger partial charge in [0.25, 0.3) is 10.0 Å². The van der Waals surface area contributed by atoms with Crippen LogP contribution in [0.25, 0.3) is 11.0 Å². The summed E-state index contributed by atoms with van der Waals surface area (Å²) in [5.41, 5.74) is -1.26. The monoisotopic (exact) mass is 431 g/mol. The molecule has 0 atom stereocenters. The number of ketones is 1. The second-order valence-corrected chi connectivity index (χ2v) is 7.96. The fourth-order valence-electron chi connectivity index (χ4n) is 2.96. The van der Waals surface area contributed by atoms with Gasteiger partial charge in [0.05, 0.1) is 16.1 Å². The third-order valence-corrected chi connectivity index (χ3v) is 5.73. The minimum absolute atomic E-state index is 0.0268. The van der Waals surface area contributed by atoms with Crippen molar-refractivity contribution in [1.29, 1.82) is 0 Å². The SMILES string of the molecule is O=C(c1c(F)ccc(NS(=O)(=O)c2cccc(F)c2)c1F)c1c[nH]c2ncccc12. The van der Waals surface area contributed by atoms with Gasteiger partial charge in [-0.3, -0.25) is 9.52 Å². The van der Waals surface area contributed by atoms with Crippen molar-refractivity contribution in [3.05, 3.63) is 89.5 Å². The summed E-state index contributed by atoms with van der Waals surface area (Å²) in [7, 11) is -4.38. The summed E-state index contributed by atoms with van der Waals surface area (Å²) in [6.07, 6.45) is 2.75. The lowest BCUT2D eigenvalue weighted by molar-refractivity contribution is 0.103. The second kappa shape index (κ2) is 7.30. The van der Waals surface area contributed by atoms with Crippen LogP contribution in [-0.2, 0) is 10.0 Å². The molecule has 0 amide bonds.